The molecule has 4 atom stereocenters. The Balaban J connectivity index is 1.86. The van der Waals surface area contributed by atoms with E-state index in [1.54, 1.807) is 0 Å². The number of aliphatic hydroxyl groups is 2. The third-order valence-electron chi connectivity index (χ3n) is 3.91. The van der Waals surface area contributed by atoms with Gasteiger partial charge in [-0.25, -0.2) is 0 Å². The summed E-state index contributed by atoms with van der Waals surface area (Å²) < 4.78 is 45.0. The van der Waals surface area contributed by atoms with Gasteiger partial charge in [-0.1, -0.05) is 12.1 Å². The average molecular weight is 335 g/mol. The molecular weight excluding hydrogens is 315 g/mol. The predicted molar refractivity (Wildman–Crippen MR) is 75.7 cm³/mol. The van der Waals surface area contributed by atoms with Gasteiger partial charge in [0.05, 0.1) is 18.8 Å². The number of ether oxygens (including phenoxy) is 2. The molecule has 5 nitrogen and oxygen atoms in total. The standard InChI is InChI=1S/C15H20F3NO4/c1-22-8-10-6-12(14(21)13(10)20)19-7-9-2-4-11(5-3-9)23-15(16,17)18/h2-5,10,12-14,19-21H,6-8H2,1H3/t10-,12-,13-,14+/m1/s1. The van der Waals surface area contributed by atoms with Crippen LogP contribution in [0.1, 0.15) is 12.0 Å². The molecule has 0 amide bonds. The van der Waals surface area contributed by atoms with Crippen LogP contribution < -0.4 is 10.1 Å². The zero-order valence-corrected chi connectivity index (χ0v) is 12.6. The molecule has 8 heteroatoms. The first-order valence-electron chi connectivity index (χ1n) is 7.23. The summed E-state index contributed by atoms with van der Waals surface area (Å²) in [6.45, 7) is 0.723. The highest BCUT2D eigenvalue weighted by Gasteiger charge is 2.40. The maximum absolute atomic E-state index is 12.1. The lowest BCUT2D eigenvalue weighted by atomic mass is 10.1. The van der Waals surface area contributed by atoms with Crippen LogP contribution in [0.5, 0.6) is 5.75 Å². The molecule has 1 aromatic carbocycles. The summed E-state index contributed by atoms with van der Waals surface area (Å²) in [6, 6.07) is 5.20. The molecule has 0 spiro atoms. The third-order valence-corrected chi connectivity index (χ3v) is 3.91. The van der Waals surface area contributed by atoms with Crippen molar-refractivity contribution in [3.8, 4) is 5.75 Å². The van der Waals surface area contributed by atoms with Gasteiger partial charge in [-0.15, -0.1) is 13.2 Å². The van der Waals surface area contributed by atoms with E-state index in [0.717, 1.165) is 5.56 Å². The van der Waals surface area contributed by atoms with Crippen LogP contribution in [-0.2, 0) is 11.3 Å². The molecule has 0 heterocycles. The summed E-state index contributed by atoms with van der Waals surface area (Å²) in [5, 5.41) is 23.0. The van der Waals surface area contributed by atoms with Crippen molar-refractivity contribution in [3.63, 3.8) is 0 Å². The largest absolute Gasteiger partial charge is 0.573 e. The number of alkyl halides is 3. The molecule has 1 fully saturated rings. The Kier molecular flexibility index (Phi) is 5.85. The lowest BCUT2D eigenvalue weighted by molar-refractivity contribution is -0.274. The van der Waals surface area contributed by atoms with Gasteiger partial charge in [0.25, 0.3) is 0 Å². The molecule has 0 radical (unpaired) electrons. The van der Waals surface area contributed by atoms with Gasteiger partial charge in [0.1, 0.15) is 5.75 Å². The van der Waals surface area contributed by atoms with Crippen molar-refractivity contribution in [2.75, 3.05) is 13.7 Å². The van der Waals surface area contributed by atoms with Crippen molar-refractivity contribution in [1.82, 2.24) is 5.32 Å². The van der Waals surface area contributed by atoms with Gasteiger partial charge in [-0.3, -0.25) is 0 Å². The zero-order valence-electron chi connectivity index (χ0n) is 12.6. The summed E-state index contributed by atoms with van der Waals surface area (Å²) in [4.78, 5) is 0. The highest BCUT2D eigenvalue weighted by molar-refractivity contribution is 5.27. The minimum Gasteiger partial charge on any atom is -0.406 e. The van der Waals surface area contributed by atoms with E-state index in [2.05, 4.69) is 10.1 Å². The van der Waals surface area contributed by atoms with E-state index in [1.807, 2.05) is 0 Å². The van der Waals surface area contributed by atoms with Crippen molar-refractivity contribution in [1.29, 1.82) is 0 Å². The molecule has 0 unspecified atom stereocenters. The second kappa shape index (κ2) is 7.48. The van der Waals surface area contributed by atoms with Crippen LogP contribution >= 0.6 is 0 Å². The fourth-order valence-electron chi connectivity index (χ4n) is 2.76. The van der Waals surface area contributed by atoms with Crippen LogP contribution in [0.25, 0.3) is 0 Å². The highest BCUT2D eigenvalue weighted by Crippen LogP contribution is 2.27. The molecule has 1 aliphatic carbocycles. The molecule has 1 aliphatic rings. The Morgan fingerprint density at radius 3 is 2.39 bits per heavy atom. The molecule has 0 saturated heterocycles. The quantitative estimate of drug-likeness (QED) is 0.734. The average Bonchev–Trinajstić information content (AvgIpc) is 2.74. The Bertz CT molecular complexity index is 494. The van der Waals surface area contributed by atoms with E-state index >= 15 is 0 Å². The first-order valence-corrected chi connectivity index (χ1v) is 7.23. The Labute approximate surface area is 132 Å². The van der Waals surface area contributed by atoms with Gasteiger partial charge in [-0.05, 0) is 24.1 Å². The molecular formula is C15H20F3NO4. The van der Waals surface area contributed by atoms with E-state index in [1.165, 1.54) is 31.4 Å². The SMILES string of the molecule is COC[C@H]1C[C@@H](NCc2ccc(OC(F)(F)F)cc2)[C@H](O)[C@@H]1O. The maximum Gasteiger partial charge on any atom is 0.573 e. The third kappa shape index (κ3) is 5.07. The lowest BCUT2D eigenvalue weighted by Crippen LogP contribution is -2.39. The second-order valence-electron chi connectivity index (χ2n) is 5.61. The molecule has 3 N–H and O–H groups in total. The Hall–Kier alpha value is -1.35. The number of nitrogens with one attached hydrogen (secondary N) is 1. The fourth-order valence-corrected chi connectivity index (χ4v) is 2.76. The lowest BCUT2D eigenvalue weighted by Gasteiger charge is -2.18. The smallest absolute Gasteiger partial charge is 0.406 e. The van der Waals surface area contributed by atoms with Crippen molar-refractivity contribution >= 4 is 0 Å². The Morgan fingerprint density at radius 2 is 1.83 bits per heavy atom. The summed E-state index contributed by atoms with van der Waals surface area (Å²) in [5.74, 6) is -0.423. The molecule has 0 aliphatic heterocycles. The van der Waals surface area contributed by atoms with Crippen LogP contribution in [-0.4, -0.2) is 48.5 Å². The van der Waals surface area contributed by atoms with Gasteiger partial charge < -0.3 is 25.0 Å². The van der Waals surface area contributed by atoms with Gasteiger partial charge in [-0.2, -0.15) is 0 Å². The van der Waals surface area contributed by atoms with Gasteiger partial charge in [0, 0.05) is 25.6 Å². The van der Waals surface area contributed by atoms with E-state index in [0.29, 0.717) is 19.6 Å². The monoisotopic (exact) mass is 335 g/mol. The van der Waals surface area contributed by atoms with Crippen molar-refractivity contribution in [2.24, 2.45) is 5.92 Å². The van der Waals surface area contributed by atoms with Crippen molar-refractivity contribution in [2.45, 2.75) is 37.6 Å². The van der Waals surface area contributed by atoms with Crippen LogP contribution in [0.15, 0.2) is 24.3 Å². The number of benzene rings is 1. The number of hydrogen-bond donors (Lipinski definition) is 3. The molecule has 0 aromatic heterocycles. The first-order chi connectivity index (χ1) is 10.8. The van der Waals surface area contributed by atoms with Crippen molar-refractivity contribution < 1.29 is 32.9 Å². The first kappa shape index (κ1) is 18.0. The van der Waals surface area contributed by atoms with Gasteiger partial charge >= 0.3 is 6.36 Å². The van der Waals surface area contributed by atoms with E-state index < -0.39 is 18.6 Å². The van der Waals surface area contributed by atoms with E-state index in [4.69, 9.17) is 4.74 Å². The van der Waals surface area contributed by atoms with Crippen molar-refractivity contribution in [3.05, 3.63) is 29.8 Å². The summed E-state index contributed by atoms with van der Waals surface area (Å²) >= 11 is 0. The minimum atomic E-state index is -4.71. The van der Waals surface area contributed by atoms with Crippen LogP contribution in [0.2, 0.25) is 0 Å². The Morgan fingerprint density at radius 1 is 1.17 bits per heavy atom. The number of rotatable bonds is 6. The van der Waals surface area contributed by atoms with Crippen LogP contribution in [0.3, 0.4) is 0 Å². The molecule has 130 valence electrons. The van der Waals surface area contributed by atoms with E-state index in [9.17, 15) is 23.4 Å². The normalized spacial score (nSPS) is 28.1. The molecule has 23 heavy (non-hydrogen) atoms. The molecule has 2 rings (SSSR count). The van der Waals surface area contributed by atoms with Crippen LogP contribution in [0.4, 0.5) is 13.2 Å². The molecule has 0 bridgehead atoms. The van der Waals surface area contributed by atoms with Gasteiger partial charge in [0.15, 0.2) is 0 Å². The number of hydrogen-bond acceptors (Lipinski definition) is 5. The highest BCUT2D eigenvalue weighted by atomic mass is 19.4. The van der Waals surface area contributed by atoms with Crippen LogP contribution in [0, 0.1) is 5.92 Å². The molecule has 1 aromatic rings. The zero-order chi connectivity index (χ0) is 17.0. The number of aliphatic hydroxyl groups excluding tert-OH is 2. The summed E-state index contributed by atoms with van der Waals surface area (Å²) in [7, 11) is 1.53. The fraction of sp³-hybridized carbons (Fsp3) is 0.600. The number of halogens is 3. The van der Waals surface area contributed by atoms with Gasteiger partial charge in [0.2, 0.25) is 0 Å². The summed E-state index contributed by atoms with van der Waals surface area (Å²) in [6.07, 6.45) is -5.90. The minimum absolute atomic E-state index is 0.143. The predicted octanol–water partition coefficient (Wildman–Crippen LogP) is 1.43. The van der Waals surface area contributed by atoms with E-state index in [-0.39, 0.29) is 17.7 Å². The summed E-state index contributed by atoms with van der Waals surface area (Å²) in [5.41, 5.74) is 0.747. The maximum atomic E-state index is 12.1. The second-order valence-corrected chi connectivity index (χ2v) is 5.61. The molecule has 1 saturated carbocycles. The number of methoxy groups -OCH3 is 1. The topological polar surface area (TPSA) is 71.0 Å².